The average Bonchev–Trinajstić information content (AvgIpc) is 2.42. The maximum atomic E-state index is 12.3. The number of hydrogen-bond donors (Lipinski definition) is 0. The molecule has 2 aromatic carbocycles. The predicted molar refractivity (Wildman–Crippen MR) is 91.4 cm³/mol. The Morgan fingerprint density at radius 3 is 2.55 bits per heavy atom. The first-order valence-corrected chi connectivity index (χ1v) is 7.76. The molecule has 5 heteroatoms. The topological polar surface area (TPSA) is 20.3 Å². The lowest BCUT2D eigenvalue weighted by Gasteiger charge is -2.17. The van der Waals surface area contributed by atoms with Crippen molar-refractivity contribution in [3.05, 3.63) is 67.2 Å². The van der Waals surface area contributed by atoms with Gasteiger partial charge in [0.2, 0.25) is 0 Å². The highest BCUT2D eigenvalue weighted by Crippen LogP contribution is 2.23. The zero-order valence-corrected chi connectivity index (χ0v) is 14.4. The van der Waals surface area contributed by atoms with E-state index in [9.17, 15) is 4.79 Å². The van der Waals surface area contributed by atoms with Crippen LogP contribution >= 0.6 is 45.8 Å². The zero-order chi connectivity index (χ0) is 14.7. The Morgan fingerprint density at radius 1 is 1.15 bits per heavy atom. The van der Waals surface area contributed by atoms with Crippen molar-refractivity contribution in [2.75, 3.05) is 7.05 Å². The fraction of sp³-hybridized carbons (Fsp3) is 0.133. The van der Waals surface area contributed by atoms with Crippen LogP contribution in [0.5, 0.6) is 0 Å². The highest BCUT2D eigenvalue weighted by atomic mass is 127. The second kappa shape index (κ2) is 6.78. The van der Waals surface area contributed by atoms with Gasteiger partial charge in [0.25, 0.3) is 5.91 Å². The number of halogens is 3. The van der Waals surface area contributed by atoms with E-state index in [1.807, 2.05) is 30.3 Å². The Bertz CT molecular complexity index is 646. The van der Waals surface area contributed by atoms with Crippen molar-refractivity contribution < 1.29 is 4.79 Å². The first-order chi connectivity index (χ1) is 9.47. The van der Waals surface area contributed by atoms with Crippen LogP contribution in [0, 0.1) is 3.57 Å². The molecule has 0 spiro atoms. The zero-order valence-electron chi connectivity index (χ0n) is 10.7. The molecular formula is C15H12Cl2INO. The summed E-state index contributed by atoms with van der Waals surface area (Å²) < 4.78 is 1.04. The normalized spacial score (nSPS) is 10.4. The van der Waals surface area contributed by atoms with Gasteiger partial charge in [-0.15, -0.1) is 0 Å². The highest BCUT2D eigenvalue weighted by Gasteiger charge is 2.12. The summed E-state index contributed by atoms with van der Waals surface area (Å²) in [6.45, 7) is 0.487. The quantitative estimate of drug-likeness (QED) is 0.650. The van der Waals surface area contributed by atoms with E-state index < -0.39 is 0 Å². The van der Waals surface area contributed by atoms with Gasteiger partial charge in [0.05, 0.1) is 10.0 Å². The average molecular weight is 420 g/mol. The van der Waals surface area contributed by atoms with Gasteiger partial charge in [0.1, 0.15) is 0 Å². The van der Waals surface area contributed by atoms with Gasteiger partial charge in [0, 0.05) is 22.7 Å². The Balaban J connectivity index is 2.13. The number of amides is 1. The van der Waals surface area contributed by atoms with Crippen LogP contribution in [0.25, 0.3) is 0 Å². The molecule has 0 heterocycles. The molecular weight excluding hydrogens is 408 g/mol. The van der Waals surface area contributed by atoms with Gasteiger partial charge >= 0.3 is 0 Å². The molecule has 0 saturated heterocycles. The van der Waals surface area contributed by atoms with E-state index in [4.69, 9.17) is 23.2 Å². The van der Waals surface area contributed by atoms with Crippen LogP contribution in [0.3, 0.4) is 0 Å². The van der Waals surface area contributed by atoms with E-state index in [1.54, 1.807) is 24.1 Å². The van der Waals surface area contributed by atoms with Crippen molar-refractivity contribution in [3.8, 4) is 0 Å². The van der Waals surface area contributed by atoms with Gasteiger partial charge in [-0.2, -0.15) is 0 Å². The van der Waals surface area contributed by atoms with Crippen LogP contribution in [0.2, 0.25) is 10.0 Å². The first kappa shape index (κ1) is 15.6. The number of carbonyl (C=O) groups excluding carboxylic acids is 1. The molecule has 0 aliphatic carbocycles. The van der Waals surface area contributed by atoms with E-state index in [1.165, 1.54) is 0 Å². The van der Waals surface area contributed by atoms with Crippen LogP contribution in [-0.2, 0) is 6.54 Å². The maximum Gasteiger partial charge on any atom is 0.253 e. The minimum atomic E-state index is -0.0189. The smallest absolute Gasteiger partial charge is 0.253 e. The highest BCUT2D eigenvalue weighted by molar-refractivity contribution is 14.1. The summed E-state index contributed by atoms with van der Waals surface area (Å²) in [4.78, 5) is 14.0. The standard InChI is InChI=1S/C15H12Cl2INO/c1-19(9-10-5-6-13(16)14(17)7-10)15(20)11-3-2-4-12(18)8-11/h2-8H,9H2,1H3. The lowest BCUT2D eigenvalue weighted by Crippen LogP contribution is -2.26. The molecule has 2 rings (SSSR count). The Hall–Kier alpha value is -0.780. The molecule has 2 aromatic rings. The Morgan fingerprint density at radius 2 is 1.90 bits per heavy atom. The molecule has 0 bridgehead atoms. The van der Waals surface area contributed by atoms with Crippen LogP contribution in [0.1, 0.15) is 15.9 Å². The van der Waals surface area contributed by atoms with Gasteiger partial charge in [-0.1, -0.05) is 35.3 Å². The van der Waals surface area contributed by atoms with Gasteiger partial charge in [-0.25, -0.2) is 0 Å². The van der Waals surface area contributed by atoms with E-state index in [-0.39, 0.29) is 5.91 Å². The Labute approximate surface area is 141 Å². The molecule has 0 N–H and O–H groups in total. The van der Waals surface area contributed by atoms with Crippen molar-refractivity contribution in [2.24, 2.45) is 0 Å². The molecule has 0 fully saturated rings. The van der Waals surface area contributed by atoms with Crippen molar-refractivity contribution in [2.45, 2.75) is 6.54 Å². The molecule has 0 radical (unpaired) electrons. The van der Waals surface area contributed by atoms with Gasteiger partial charge in [-0.05, 0) is 58.5 Å². The van der Waals surface area contributed by atoms with Crippen molar-refractivity contribution >= 4 is 51.7 Å². The molecule has 0 aliphatic rings. The predicted octanol–water partition coefficient (Wildman–Crippen LogP) is 4.87. The summed E-state index contributed by atoms with van der Waals surface area (Å²) >= 11 is 14.0. The van der Waals surface area contributed by atoms with Crippen LogP contribution in [-0.4, -0.2) is 17.9 Å². The maximum absolute atomic E-state index is 12.3. The van der Waals surface area contributed by atoms with Gasteiger partial charge in [0.15, 0.2) is 0 Å². The minimum absolute atomic E-state index is 0.0189. The Kier molecular flexibility index (Phi) is 5.29. The van der Waals surface area contributed by atoms with Crippen molar-refractivity contribution in [1.29, 1.82) is 0 Å². The largest absolute Gasteiger partial charge is 0.337 e. The fourth-order valence-corrected chi connectivity index (χ4v) is 2.69. The lowest BCUT2D eigenvalue weighted by atomic mass is 10.1. The molecule has 0 saturated carbocycles. The van der Waals surface area contributed by atoms with E-state index in [0.717, 1.165) is 9.13 Å². The lowest BCUT2D eigenvalue weighted by molar-refractivity contribution is 0.0785. The summed E-state index contributed by atoms with van der Waals surface area (Å²) in [5, 5.41) is 1.02. The third-order valence-corrected chi connectivity index (χ3v) is 4.23. The molecule has 2 nitrogen and oxygen atoms in total. The van der Waals surface area contributed by atoms with Crippen molar-refractivity contribution in [3.63, 3.8) is 0 Å². The van der Waals surface area contributed by atoms with Gasteiger partial charge < -0.3 is 4.90 Å². The number of carbonyl (C=O) groups is 1. The third kappa shape index (κ3) is 3.87. The second-order valence-electron chi connectivity index (χ2n) is 4.42. The third-order valence-electron chi connectivity index (χ3n) is 2.82. The number of hydrogen-bond acceptors (Lipinski definition) is 1. The van der Waals surface area contributed by atoms with Crippen LogP contribution in [0.15, 0.2) is 42.5 Å². The fourth-order valence-electron chi connectivity index (χ4n) is 1.83. The monoisotopic (exact) mass is 419 g/mol. The van der Waals surface area contributed by atoms with Crippen LogP contribution in [0.4, 0.5) is 0 Å². The molecule has 0 unspecified atom stereocenters. The summed E-state index contributed by atoms with van der Waals surface area (Å²) in [5.41, 5.74) is 1.63. The van der Waals surface area contributed by atoms with Gasteiger partial charge in [-0.3, -0.25) is 4.79 Å². The second-order valence-corrected chi connectivity index (χ2v) is 6.48. The first-order valence-electron chi connectivity index (χ1n) is 5.92. The minimum Gasteiger partial charge on any atom is -0.337 e. The SMILES string of the molecule is CN(Cc1ccc(Cl)c(Cl)c1)C(=O)c1cccc(I)c1. The number of benzene rings is 2. The summed E-state index contributed by atoms with van der Waals surface area (Å²) in [6, 6.07) is 12.9. The number of rotatable bonds is 3. The van der Waals surface area contributed by atoms with Crippen LogP contribution < -0.4 is 0 Å². The van der Waals surface area contributed by atoms with E-state index >= 15 is 0 Å². The summed E-state index contributed by atoms with van der Waals surface area (Å²) in [6.07, 6.45) is 0. The summed E-state index contributed by atoms with van der Waals surface area (Å²) in [5.74, 6) is -0.0189. The molecule has 0 atom stereocenters. The van der Waals surface area contributed by atoms with E-state index in [2.05, 4.69) is 22.6 Å². The molecule has 20 heavy (non-hydrogen) atoms. The molecule has 104 valence electrons. The molecule has 0 aliphatic heterocycles. The summed E-state index contributed by atoms with van der Waals surface area (Å²) in [7, 11) is 1.77. The van der Waals surface area contributed by atoms with Crippen molar-refractivity contribution in [1.82, 2.24) is 4.90 Å². The van der Waals surface area contributed by atoms with E-state index in [0.29, 0.717) is 22.2 Å². The molecule has 0 aromatic heterocycles. The molecule has 1 amide bonds. The number of nitrogens with zero attached hydrogens (tertiary/aromatic N) is 1.